The molecule has 6 rings (SSSR count). The van der Waals surface area contributed by atoms with Gasteiger partial charge in [0.05, 0.1) is 74.7 Å². The minimum atomic E-state index is -0.119. The Bertz CT molecular complexity index is 1980. The molecule has 0 radical (unpaired) electrons. The highest BCUT2D eigenvalue weighted by Crippen LogP contribution is 2.27. The SMILES string of the molecule is C.COc1ccc2nc(C(=O)Cc3ncc(C)c(OC)c3C)[nH]c2c1.COc1ccc2nc(C(=O)Cc3ncc(C)c(OC)c3C)[nH]c2c1. The van der Waals surface area contributed by atoms with Gasteiger partial charge in [-0.05, 0) is 52.0 Å². The highest BCUT2D eigenvalue weighted by molar-refractivity contribution is 5.98. The number of methoxy groups -OCH3 is 4. The number of hydrogen-bond acceptors (Lipinski definition) is 10. The Balaban J connectivity index is 0.000000216. The molecule has 0 spiro atoms. The fourth-order valence-electron chi connectivity index (χ4n) is 5.47. The van der Waals surface area contributed by atoms with Crippen molar-refractivity contribution in [3.63, 3.8) is 0 Å². The number of carbonyl (C=O) groups excluding carboxylic acids is 2. The second-order valence-electron chi connectivity index (χ2n) is 11.2. The average Bonchev–Trinajstić information content (AvgIpc) is 3.72. The molecule has 0 unspecified atom stereocenters. The Kier molecular flexibility index (Phi) is 11.3. The lowest BCUT2D eigenvalue weighted by molar-refractivity contribution is 0.0975. The van der Waals surface area contributed by atoms with Gasteiger partial charge in [0.1, 0.15) is 23.0 Å². The van der Waals surface area contributed by atoms with Crippen LogP contribution in [0, 0.1) is 27.7 Å². The smallest absolute Gasteiger partial charge is 0.204 e. The number of nitrogens with one attached hydrogen (secondary N) is 2. The number of hydrogen-bond donors (Lipinski definition) is 2. The van der Waals surface area contributed by atoms with Crippen molar-refractivity contribution in [2.24, 2.45) is 0 Å². The zero-order valence-electron chi connectivity index (χ0n) is 28.3. The molecule has 0 amide bonds. The molecule has 4 heterocycles. The fraction of sp³-hybridized carbons (Fsp3) is 0.297. The van der Waals surface area contributed by atoms with Gasteiger partial charge in [-0.2, -0.15) is 0 Å². The van der Waals surface area contributed by atoms with E-state index in [0.717, 1.165) is 55.8 Å². The van der Waals surface area contributed by atoms with Crippen LogP contribution in [0.15, 0.2) is 48.8 Å². The van der Waals surface area contributed by atoms with E-state index in [1.165, 1.54) is 0 Å². The maximum atomic E-state index is 12.6. The Morgan fingerprint density at radius 2 is 1.00 bits per heavy atom. The molecule has 0 atom stereocenters. The third-order valence-electron chi connectivity index (χ3n) is 8.06. The van der Waals surface area contributed by atoms with Gasteiger partial charge >= 0.3 is 0 Å². The van der Waals surface area contributed by atoms with Gasteiger partial charge in [0.15, 0.2) is 11.6 Å². The minimum Gasteiger partial charge on any atom is -0.497 e. The van der Waals surface area contributed by atoms with Crippen LogP contribution < -0.4 is 18.9 Å². The van der Waals surface area contributed by atoms with Gasteiger partial charge in [-0.1, -0.05) is 7.43 Å². The minimum absolute atomic E-state index is 0. The van der Waals surface area contributed by atoms with Gasteiger partial charge in [-0.15, -0.1) is 0 Å². The molecule has 49 heavy (non-hydrogen) atoms. The summed E-state index contributed by atoms with van der Waals surface area (Å²) in [5.74, 6) is 3.36. The van der Waals surface area contributed by atoms with Crippen molar-refractivity contribution in [3.8, 4) is 23.0 Å². The number of aromatic nitrogens is 6. The summed E-state index contributed by atoms with van der Waals surface area (Å²) in [7, 11) is 6.44. The molecule has 2 N–H and O–H groups in total. The Morgan fingerprint density at radius 1 is 0.612 bits per heavy atom. The van der Waals surface area contributed by atoms with E-state index in [1.54, 1.807) is 40.8 Å². The molecule has 12 nitrogen and oxygen atoms in total. The number of rotatable bonds is 10. The van der Waals surface area contributed by atoms with Crippen LogP contribution >= 0.6 is 0 Å². The van der Waals surface area contributed by atoms with E-state index in [0.29, 0.717) is 34.5 Å². The number of aromatic amines is 2. The van der Waals surface area contributed by atoms with E-state index in [4.69, 9.17) is 18.9 Å². The van der Waals surface area contributed by atoms with Gasteiger partial charge in [0.2, 0.25) is 11.6 Å². The predicted molar refractivity (Wildman–Crippen MR) is 189 cm³/mol. The second-order valence-corrected chi connectivity index (χ2v) is 11.2. The first kappa shape index (κ1) is 36.1. The lowest BCUT2D eigenvalue weighted by Crippen LogP contribution is -2.09. The van der Waals surface area contributed by atoms with Crippen LogP contribution in [0.4, 0.5) is 0 Å². The maximum absolute atomic E-state index is 12.6. The van der Waals surface area contributed by atoms with E-state index < -0.39 is 0 Å². The third-order valence-corrected chi connectivity index (χ3v) is 8.06. The fourth-order valence-corrected chi connectivity index (χ4v) is 5.47. The van der Waals surface area contributed by atoms with Crippen LogP contribution in [-0.2, 0) is 12.8 Å². The predicted octanol–water partition coefficient (Wildman–Crippen LogP) is 6.67. The van der Waals surface area contributed by atoms with E-state index in [2.05, 4.69) is 29.9 Å². The van der Waals surface area contributed by atoms with Crippen LogP contribution in [0.2, 0.25) is 0 Å². The highest BCUT2D eigenvalue weighted by Gasteiger charge is 2.19. The molecule has 0 saturated heterocycles. The first-order valence-corrected chi connectivity index (χ1v) is 15.2. The standard InChI is InChI=1S/2C18H19N3O3.CH4/c2*1-10-9-19-14(11(2)17(10)24-4)8-16(22)18-20-13-6-5-12(23-3)7-15(13)21-18;/h2*5-7,9H,8H2,1-4H3,(H,20,21);1H4. The van der Waals surface area contributed by atoms with Crippen molar-refractivity contribution < 1.29 is 28.5 Å². The summed E-state index contributed by atoms with van der Waals surface area (Å²) in [6, 6.07) is 10.9. The number of H-pyrrole nitrogens is 2. The zero-order chi connectivity index (χ0) is 34.5. The number of ketones is 2. The van der Waals surface area contributed by atoms with Gasteiger partial charge < -0.3 is 28.9 Å². The summed E-state index contributed by atoms with van der Waals surface area (Å²) in [6.07, 6.45) is 3.77. The summed E-state index contributed by atoms with van der Waals surface area (Å²) >= 11 is 0. The second kappa shape index (κ2) is 15.4. The lowest BCUT2D eigenvalue weighted by Gasteiger charge is -2.11. The Labute approximate surface area is 285 Å². The number of ether oxygens (including phenoxy) is 4. The van der Waals surface area contributed by atoms with Crippen LogP contribution in [0.25, 0.3) is 22.1 Å². The molecule has 0 saturated carbocycles. The van der Waals surface area contributed by atoms with E-state index in [1.807, 2.05) is 64.1 Å². The van der Waals surface area contributed by atoms with Gasteiger partial charge in [0.25, 0.3) is 0 Å². The van der Waals surface area contributed by atoms with Gasteiger partial charge in [0, 0.05) is 46.8 Å². The third kappa shape index (κ3) is 7.69. The van der Waals surface area contributed by atoms with Crippen LogP contribution in [-0.4, -0.2) is 69.9 Å². The summed E-state index contributed by atoms with van der Waals surface area (Å²) in [5, 5.41) is 0. The number of aryl methyl sites for hydroxylation is 2. The van der Waals surface area contributed by atoms with Crippen LogP contribution in [0.1, 0.15) is 62.3 Å². The molecule has 256 valence electrons. The van der Waals surface area contributed by atoms with Crippen molar-refractivity contribution in [3.05, 3.63) is 94.1 Å². The highest BCUT2D eigenvalue weighted by atomic mass is 16.5. The van der Waals surface area contributed by atoms with Gasteiger partial charge in [-0.3, -0.25) is 19.6 Å². The van der Waals surface area contributed by atoms with Crippen molar-refractivity contribution >= 4 is 33.6 Å². The summed E-state index contributed by atoms with van der Waals surface area (Å²) in [6.45, 7) is 7.67. The Morgan fingerprint density at radius 3 is 1.35 bits per heavy atom. The lowest BCUT2D eigenvalue weighted by atomic mass is 10.1. The number of carbonyl (C=O) groups is 2. The molecule has 6 aromatic rings. The van der Waals surface area contributed by atoms with Crippen molar-refractivity contribution in [1.29, 1.82) is 0 Å². The summed E-state index contributed by atoms with van der Waals surface area (Å²) < 4.78 is 21.1. The van der Waals surface area contributed by atoms with E-state index >= 15 is 0 Å². The number of Topliss-reactive ketones (excluding diaryl/α,β-unsaturated/α-hetero) is 2. The molecule has 0 aliphatic rings. The number of benzene rings is 2. The number of pyridine rings is 2. The normalized spacial score (nSPS) is 10.6. The zero-order valence-corrected chi connectivity index (χ0v) is 28.3. The quantitative estimate of drug-likeness (QED) is 0.152. The molecule has 0 aliphatic carbocycles. The molecule has 12 heteroatoms. The average molecular weight is 667 g/mol. The molecule has 2 aromatic carbocycles. The molecule has 0 bridgehead atoms. The number of fused-ring (bicyclic) bond motifs is 2. The van der Waals surface area contributed by atoms with Crippen LogP contribution in [0.5, 0.6) is 23.0 Å². The van der Waals surface area contributed by atoms with Crippen LogP contribution in [0.3, 0.4) is 0 Å². The van der Waals surface area contributed by atoms with Crippen molar-refractivity contribution in [2.75, 3.05) is 28.4 Å². The number of nitrogens with zero attached hydrogens (tertiary/aromatic N) is 4. The number of imidazole rings is 2. The van der Waals surface area contributed by atoms with E-state index in [-0.39, 0.29) is 31.8 Å². The first-order valence-electron chi connectivity index (χ1n) is 15.2. The summed E-state index contributed by atoms with van der Waals surface area (Å²) in [4.78, 5) is 48.7. The molecule has 0 fully saturated rings. The first-order chi connectivity index (χ1) is 23.1. The molecular formula is C37H42N6O6. The van der Waals surface area contributed by atoms with Crippen molar-refractivity contribution in [2.45, 2.75) is 48.0 Å². The van der Waals surface area contributed by atoms with Gasteiger partial charge in [-0.25, -0.2) is 9.97 Å². The molecule has 0 aliphatic heterocycles. The maximum Gasteiger partial charge on any atom is 0.204 e. The molecule has 4 aromatic heterocycles. The molecular weight excluding hydrogens is 624 g/mol. The van der Waals surface area contributed by atoms with E-state index in [9.17, 15) is 9.59 Å². The van der Waals surface area contributed by atoms with Crippen molar-refractivity contribution in [1.82, 2.24) is 29.9 Å². The Hall–Kier alpha value is -5.78. The topological polar surface area (TPSA) is 154 Å². The largest absolute Gasteiger partial charge is 0.497 e. The monoisotopic (exact) mass is 666 g/mol. The summed E-state index contributed by atoms with van der Waals surface area (Å²) in [5.41, 5.74) is 8.03.